The van der Waals surface area contributed by atoms with Crippen LogP contribution in [0.3, 0.4) is 0 Å². The van der Waals surface area contributed by atoms with Crippen molar-refractivity contribution in [2.75, 3.05) is 33.4 Å². The lowest BCUT2D eigenvalue weighted by molar-refractivity contribution is -0.0553. The number of benzene rings is 2. The average Bonchev–Trinajstić information content (AvgIpc) is 3.39. The van der Waals surface area contributed by atoms with Gasteiger partial charge in [-0.3, -0.25) is 4.90 Å². The van der Waals surface area contributed by atoms with E-state index in [2.05, 4.69) is 29.2 Å². The summed E-state index contributed by atoms with van der Waals surface area (Å²) in [5, 5.41) is 12.0. The molecular formula is C26H30N2O4S2. The van der Waals surface area contributed by atoms with Gasteiger partial charge in [-0.1, -0.05) is 42.5 Å². The monoisotopic (exact) mass is 498 g/mol. The number of hydrogen-bond donors (Lipinski definition) is 1. The maximum absolute atomic E-state index is 13.3. The SMILES string of the molecule is COc1ccc(-c2ccc([C@H]3[C@H]4CN(S(=O)(=O)c5cccs5)CCCCN4[C@H]3CO)cc2)cc1. The van der Waals surface area contributed by atoms with Gasteiger partial charge < -0.3 is 9.84 Å². The molecule has 2 fully saturated rings. The Morgan fingerprint density at radius 2 is 1.68 bits per heavy atom. The highest BCUT2D eigenvalue weighted by molar-refractivity contribution is 7.91. The minimum absolute atomic E-state index is 0.0150. The summed E-state index contributed by atoms with van der Waals surface area (Å²) in [4.78, 5) is 2.30. The van der Waals surface area contributed by atoms with E-state index in [1.54, 1.807) is 23.5 Å². The molecule has 2 saturated heterocycles. The summed E-state index contributed by atoms with van der Waals surface area (Å²) in [6.45, 7) is 1.95. The Labute approximate surface area is 205 Å². The second-order valence-corrected chi connectivity index (χ2v) is 12.0. The number of fused-ring (bicyclic) bond motifs is 1. The molecule has 3 aromatic rings. The van der Waals surface area contributed by atoms with Crippen LogP contribution in [0.1, 0.15) is 24.3 Å². The molecule has 2 aromatic carbocycles. The maximum atomic E-state index is 13.3. The number of rotatable bonds is 6. The Bertz CT molecular complexity index is 1190. The molecule has 8 heteroatoms. The van der Waals surface area contributed by atoms with E-state index in [9.17, 15) is 13.5 Å². The molecule has 0 bridgehead atoms. The third-order valence-electron chi connectivity index (χ3n) is 7.14. The first-order valence-corrected chi connectivity index (χ1v) is 14.0. The Balaban J connectivity index is 1.40. The number of hydrogen-bond acceptors (Lipinski definition) is 6. The van der Waals surface area contributed by atoms with Crippen molar-refractivity contribution < 1.29 is 18.3 Å². The van der Waals surface area contributed by atoms with Gasteiger partial charge in [-0.15, -0.1) is 11.3 Å². The van der Waals surface area contributed by atoms with Gasteiger partial charge in [0.25, 0.3) is 10.0 Å². The van der Waals surface area contributed by atoms with E-state index in [0.29, 0.717) is 17.3 Å². The van der Waals surface area contributed by atoms with Crippen LogP contribution in [0.2, 0.25) is 0 Å². The van der Waals surface area contributed by atoms with Crippen molar-refractivity contribution in [2.45, 2.75) is 35.1 Å². The first-order chi connectivity index (χ1) is 16.5. The molecule has 2 aliphatic rings. The Morgan fingerprint density at radius 3 is 2.29 bits per heavy atom. The van der Waals surface area contributed by atoms with Gasteiger partial charge in [-0.25, -0.2) is 8.42 Å². The highest BCUT2D eigenvalue weighted by Crippen LogP contribution is 2.43. The predicted octanol–water partition coefficient (Wildman–Crippen LogP) is 4.04. The molecule has 1 N–H and O–H groups in total. The van der Waals surface area contributed by atoms with Crippen molar-refractivity contribution in [3.8, 4) is 16.9 Å². The van der Waals surface area contributed by atoms with Gasteiger partial charge in [-0.05, 0) is 59.7 Å². The van der Waals surface area contributed by atoms with Crippen LogP contribution in [0.4, 0.5) is 0 Å². The van der Waals surface area contributed by atoms with E-state index in [1.807, 2.05) is 29.6 Å². The lowest BCUT2D eigenvalue weighted by Gasteiger charge is -2.57. The Morgan fingerprint density at radius 1 is 1.00 bits per heavy atom. The van der Waals surface area contributed by atoms with Crippen LogP contribution in [-0.4, -0.2) is 68.2 Å². The summed E-state index contributed by atoms with van der Waals surface area (Å²) in [6, 6.07) is 20.0. The zero-order chi connectivity index (χ0) is 23.7. The number of thiophene rings is 1. The van der Waals surface area contributed by atoms with Gasteiger partial charge in [0.15, 0.2) is 0 Å². The molecule has 3 atom stereocenters. The number of ether oxygens (including phenoxy) is 1. The summed E-state index contributed by atoms with van der Waals surface area (Å²) in [6.07, 6.45) is 1.75. The van der Waals surface area contributed by atoms with Gasteiger partial charge in [-0.2, -0.15) is 4.31 Å². The quantitative estimate of drug-likeness (QED) is 0.556. The molecule has 0 saturated carbocycles. The molecule has 0 spiro atoms. The van der Waals surface area contributed by atoms with Crippen molar-refractivity contribution in [1.29, 1.82) is 0 Å². The second-order valence-electron chi connectivity index (χ2n) is 8.93. The van der Waals surface area contributed by atoms with E-state index >= 15 is 0 Å². The molecule has 6 nitrogen and oxygen atoms in total. The first kappa shape index (κ1) is 23.5. The van der Waals surface area contributed by atoms with Crippen LogP contribution in [0.25, 0.3) is 11.1 Å². The second kappa shape index (κ2) is 9.79. The van der Waals surface area contributed by atoms with E-state index in [4.69, 9.17) is 4.74 Å². The van der Waals surface area contributed by atoms with Crippen molar-refractivity contribution >= 4 is 21.4 Å². The van der Waals surface area contributed by atoms with E-state index in [1.165, 1.54) is 11.3 Å². The molecule has 0 aliphatic carbocycles. The van der Waals surface area contributed by atoms with Crippen molar-refractivity contribution in [1.82, 2.24) is 9.21 Å². The van der Waals surface area contributed by atoms with Crippen LogP contribution < -0.4 is 4.74 Å². The number of aliphatic hydroxyl groups is 1. The van der Waals surface area contributed by atoms with Crippen LogP contribution in [0.5, 0.6) is 5.75 Å². The molecule has 0 unspecified atom stereocenters. The predicted molar refractivity (Wildman–Crippen MR) is 135 cm³/mol. The molecule has 3 heterocycles. The van der Waals surface area contributed by atoms with Crippen LogP contribution in [0, 0.1) is 0 Å². The number of aliphatic hydroxyl groups excluding tert-OH is 1. The van der Waals surface area contributed by atoms with Gasteiger partial charge in [0, 0.05) is 31.1 Å². The summed E-state index contributed by atoms with van der Waals surface area (Å²) < 4.78 is 33.9. The third kappa shape index (κ3) is 4.29. The zero-order valence-electron chi connectivity index (χ0n) is 19.2. The molecule has 5 rings (SSSR count). The Hall–Kier alpha value is -2.23. The molecule has 34 heavy (non-hydrogen) atoms. The molecule has 0 radical (unpaired) electrons. The first-order valence-electron chi connectivity index (χ1n) is 11.7. The van der Waals surface area contributed by atoms with Crippen molar-refractivity contribution in [3.05, 3.63) is 71.6 Å². The normalized spacial score (nSPS) is 24.0. The smallest absolute Gasteiger partial charge is 0.252 e. The minimum Gasteiger partial charge on any atom is -0.497 e. The summed E-state index contributed by atoms with van der Waals surface area (Å²) in [5.41, 5.74) is 3.37. The van der Waals surface area contributed by atoms with E-state index < -0.39 is 10.0 Å². The lowest BCUT2D eigenvalue weighted by Crippen LogP contribution is -2.67. The van der Waals surface area contributed by atoms with Crippen LogP contribution in [0.15, 0.2) is 70.3 Å². The Kier molecular flexibility index (Phi) is 6.77. The maximum Gasteiger partial charge on any atom is 0.252 e. The molecule has 1 aromatic heterocycles. The molecule has 0 amide bonds. The van der Waals surface area contributed by atoms with E-state index in [0.717, 1.165) is 41.8 Å². The standard InChI is InChI=1S/C26H30N2O4S2/c1-32-22-12-10-20(11-13-22)19-6-8-21(9-7-19)26-23-17-27(34(30,31)25-5-4-16-33-25)14-2-3-15-28(23)24(26)18-29/h4-13,16,23-24,26,29H,2-3,14-15,17-18H2,1H3/t23-,24+,26+/m1/s1. The van der Waals surface area contributed by atoms with Crippen molar-refractivity contribution in [2.24, 2.45) is 0 Å². The molecule has 2 aliphatic heterocycles. The van der Waals surface area contributed by atoms with Crippen molar-refractivity contribution in [3.63, 3.8) is 0 Å². The van der Waals surface area contributed by atoms with Gasteiger partial charge in [0.2, 0.25) is 0 Å². The topological polar surface area (TPSA) is 70.1 Å². The molecule has 180 valence electrons. The zero-order valence-corrected chi connectivity index (χ0v) is 20.8. The number of nitrogens with zero attached hydrogens (tertiary/aromatic N) is 2. The highest BCUT2D eigenvalue weighted by Gasteiger charge is 2.50. The summed E-state index contributed by atoms with van der Waals surface area (Å²) >= 11 is 1.27. The minimum atomic E-state index is -3.51. The fourth-order valence-corrected chi connectivity index (χ4v) is 7.99. The number of sulfonamides is 1. The van der Waals surface area contributed by atoms with Crippen LogP contribution >= 0.6 is 11.3 Å². The highest BCUT2D eigenvalue weighted by atomic mass is 32.2. The van der Waals surface area contributed by atoms with Gasteiger partial charge in [0.05, 0.1) is 13.7 Å². The van der Waals surface area contributed by atoms with Crippen LogP contribution in [-0.2, 0) is 10.0 Å². The fourth-order valence-electron chi connectivity index (χ4n) is 5.35. The lowest BCUT2D eigenvalue weighted by atomic mass is 9.74. The van der Waals surface area contributed by atoms with E-state index in [-0.39, 0.29) is 24.6 Å². The number of methoxy groups -OCH3 is 1. The summed E-state index contributed by atoms with van der Waals surface area (Å²) in [7, 11) is -1.85. The van der Waals surface area contributed by atoms with Gasteiger partial charge in [0.1, 0.15) is 9.96 Å². The summed E-state index contributed by atoms with van der Waals surface area (Å²) in [5.74, 6) is 0.918. The van der Waals surface area contributed by atoms with Gasteiger partial charge >= 0.3 is 0 Å². The third-order valence-corrected chi connectivity index (χ3v) is 10.4. The average molecular weight is 499 g/mol. The fraction of sp³-hybridized carbons (Fsp3) is 0.385. The molecular weight excluding hydrogens is 468 g/mol. The largest absolute Gasteiger partial charge is 0.497 e.